The van der Waals surface area contributed by atoms with Gasteiger partial charge in [0, 0.05) is 18.9 Å². The molecule has 1 N–H and O–H groups in total. The number of guanidine groups is 1. The van der Waals surface area contributed by atoms with Crippen LogP contribution in [0, 0.1) is 0 Å². The summed E-state index contributed by atoms with van der Waals surface area (Å²) in [7, 11) is 1.71. The summed E-state index contributed by atoms with van der Waals surface area (Å²) in [5.41, 5.74) is 0.759. The molecule has 0 spiro atoms. The zero-order valence-electron chi connectivity index (χ0n) is 18.8. The third kappa shape index (κ3) is 3.53. The molecule has 0 unspecified atom stereocenters. The molecule has 3 aliphatic rings. The summed E-state index contributed by atoms with van der Waals surface area (Å²) in [6, 6.07) is 12.0. The number of para-hydroxylation sites is 1. The highest BCUT2D eigenvalue weighted by molar-refractivity contribution is 6.21. The van der Waals surface area contributed by atoms with Crippen molar-refractivity contribution in [3.8, 4) is 0 Å². The van der Waals surface area contributed by atoms with Crippen LogP contribution < -0.4 is 10.2 Å². The van der Waals surface area contributed by atoms with Gasteiger partial charge in [0.05, 0.1) is 18.6 Å². The van der Waals surface area contributed by atoms with Gasteiger partial charge in [-0.2, -0.15) is 18.3 Å². The summed E-state index contributed by atoms with van der Waals surface area (Å²) in [5, 5.41) is 8.12. The van der Waals surface area contributed by atoms with Gasteiger partial charge in [0.2, 0.25) is 5.96 Å². The van der Waals surface area contributed by atoms with Crippen molar-refractivity contribution < 1.29 is 18.0 Å². The second kappa shape index (κ2) is 7.82. The Balaban J connectivity index is 1.45. The van der Waals surface area contributed by atoms with Crippen LogP contribution >= 0.6 is 0 Å². The monoisotopic (exact) mass is 481 g/mol. The van der Waals surface area contributed by atoms with E-state index in [-0.39, 0.29) is 24.5 Å². The first-order valence-corrected chi connectivity index (χ1v) is 11.4. The van der Waals surface area contributed by atoms with E-state index in [1.165, 1.54) is 12.3 Å². The van der Waals surface area contributed by atoms with Gasteiger partial charge >= 0.3 is 6.18 Å². The molecular weight excluding hydrogens is 459 g/mol. The Labute approximate surface area is 199 Å². The van der Waals surface area contributed by atoms with E-state index in [0.29, 0.717) is 28.7 Å². The molecule has 2 atom stereocenters. The quantitative estimate of drug-likeness (QED) is 0.602. The van der Waals surface area contributed by atoms with Gasteiger partial charge in [0.1, 0.15) is 17.1 Å². The fourth-order valence-electron chi connectivity index (χ4n) is 5.06. The van der Waals surface area contributed by atoms with Crippen molar-refractivity contribution in [1.29, 1.82) is 0 Å². The first kappa shape index (κ1) is 21.6. The molecule has 4 heterocycles. The number of pyridine rings is 1. The number of carbonyl (C=O) groups is 1. The molecule has 0 bridgehead atoms. The predicted octanol–water partition coefficient (Wildman–Crippen LogP) is 4.27. The van der Waals surface area contributed by atoms with Crippen LogP contribution in [-0.4, -0.2) is 50.7 Å². The minimum atomic E-state index is -4.51. The van der Waals surface area contributed by atoms with E-state index in [1.807, 2.05) is 35.2 Å². The highest BCUT2D eigenvalue weighted by Crippen LogP contribution is 2.43. The van der Waals surface area contributed by atoms with Crippen LogP contribution in [-0.2, 0) is 12.7 Å². The minimum absolute atomic E-state index is 0.126. The van der Waals surface area contributed by atoms with Gasteiger partial charge in [0.25, 0.3) is 5.91 Å². The highest BCUT2D eigenvalue weighted by atomic mass is 19.4. The third-order valence-corrected chi connectivity index (χ3v) is 6.74. The fraction of sp³-hybridized carbons (Fsp3) is 0.333. The van der Waals surface area contributed by atoms with E-state index < -0.39 is 11.9 Å². The van der Waals surface area contributed by atoms with Crippen molar-refractivity contribution >= 4 is 29.2 Å². The average molecular weight is 481 g/mol. The van der Waals surface area contributed by atoms with E-state index in [2.05, 4.69) is 10.3 Å². The minimum Gasteiger partial charge on any atom is -0.340 e. The lowest BCUT2D eigenvalue weighted by Crippen LogP contribution is -2.51. The van der Waals surface area contributed by atoms with Crippen molar-refractivity contribution in [1.82, 2.24) is 19.7 Å². The number of fused-ring (bicyclic) bond motifs is 5. The number of anilines is 3. The largest absolute Gasteiger partial charge is 0.433 e. The molecule has 3 aromatic rings. The number of alkyl halides is 3. The Morgan fingerprint density at radius 2 is 1.91 bits per heavy atom. The van der Waals surface area contributed by atoms with Gasteiger partial charge in [-0.1, -0.05) is 24.3 Å². The summed E-state index contributed by atoms with van der Waals surface area (Å²) in [5.74, 6) is 1.37. The molecule has 35 heavy (non-hydrogen) atoms. The van der Waals surface area contributed by atoms with Crippen LogP contribution in [0.5, 0.6) is 0 Å². The van der Waals surface area contributed by atoms with E-state index in [9.17, 15) is 18.0 Å². The van der Waals surface area contributed by atoms with Crippen molar-refractivity contribution in [2.45, 2.75) is 44.1 Å². The van der Waals surface area contributed by atoms with Crippen molar-refractivity contribution in [3.63, 3.8) is 0 Å². The number of nitrogens with one attached hydrogen (secondary N) is 1. The Kier molecular flexibility index (Phi) is 4.83. The summed E-state index contributed by atoms with van der Waals surface area (Å²) in [6.07, 6.45) is -0.336. The molecule has 6 rings (SSSR count). The highest BCUT2D eigenvalue weighted by Gasteiger charge is 2.49. The zero-order chi connectivity index (χ0) is 24.3. The number of benzene rings is 1. The number of hydrogen-bond donors (Lipinski definition) is 1. The number of hydrogen-bond acceptors (Lipinski definition) is 6. The molecule has 1 saturated carbocycles. The normalized spacial score (nSPS) is 21.0. The number of carbonyl (C=O) groups excluding carboxylic acids is 1. The molecule has 1 aromatic carbocycles. The second-order valence-corrected chi connectivity index (χ2v) is 8.97. The molecule has 0 radical (unpaired) electrons. The first-order valence-electron chi connectivity index (χ1n) is 11.4. The fourth-order valence-corrected chi connectivity index (χ4v) is 5.06. The Hall–Kier alpha value is -3.89. The standard InChI is InChI=1S/C24H22F3N7O/c1-32-22(35)19-20(29-15-6-3-2-4-7-15)33(13-14-10-11-18(28-12-14)24(25,26)27)31-21(19)34-17-9-5-8-16(17)30-23(32)34/h2-4,6-7,10-12,16-17,29H,5,8-9,13H2,1H3/t16-,17+/m1/s1. The lowest BCUT2D eigenvalue weighted by molar-refractivity contribution is -0.141. The average Bonchev–Trinajstić information content (AvgIpc) is 3.52. The van der Waals surface area contributed by atoms with Gasteiger partial charge in [-0.3, -0.25) is 19.6 Å². The van der Waals surface area contributed by atoms with E-state index >= 15 is 0 Å². The van der Waals surface area contributed by atoms with Crippen molar-refractivity contribution in [2.24, 2.45) is 4.99 Å². The number of nitrogens with zero attached hydrogens (tertiary/aromatic N) is 6. The molecule has 2 aromatic heterocycles. The molecular formula is C24H22F3N7O. The number of amides is 1. The van der Waals surface area contributed by atoms with Gasteiger partial charge in [0.15, 0.2) is 5.82 Å². The molecule has 8 nitrogen and oxygen atoms in total. The van der Waals surface area contributed by atoms with Crippen LogP contribution in [0.2, 0.25) is 0 Å². The molecule has 1 amide bonds. The van der Waals surface area contributed by atoms with Crippen LogP contribution in [0.4, 0.5) is 30.5 Å². The van der Waals surface area contributed by atoms with Gasteiger partial charge in [-0.15, -0.1) is 0 Å². The summed E-state index contributed by atoms with van der Waals surface area (Å²) < 4.78 is 40.5. The Morgan fingerprint density at radius 1 is 1.11 bits per heavy atom. The van der Waals surface area contributed by atoms with E-state index in [0.717, 1.165) is 31.0 Å². The lowest BCUT2D eigenvalue weighted by Gasteiger charge is -2.34. The maximum atomic E-state index is 13.5. The van der Waals surface area contributed by atoms with Crippen molar-refractivity contribution in [2.75, 3.05) is 17.3 Å². The predicted molar refractivity (Wildman–Crippen MR) is 124 cm³/mol. The number of aliphatic imine (C=N–C) groups is 1. The van der Waals surface area contributed by atoms with Gasteiger partial charge < -0.3 is 5.32 Å². The molecule has 2 aliphatic heterocycles. The Bertz CT molecular complexity index is 1320. The van der Waals surface area contributed by atoms with Gasteiger partial charge in [-0.25, -0.2) is 9.67 Å². The summed E-state index contributed by atoms with van der Waals surface area (Å²) >= 11 is 0. The molecule has 0 saturated heterocycles. The number of aromatic nitrogens is 3. The topological polar surface area (TPSA) is 78.7 Å². The summed E-state index contributed by atoms with van der Waals surface area (Å²) in [4.78, 5) is 25.5. The van der Waals surface area contributed by atoms with Crippen LogP contribution in [0.25, 0.3) is 0 Å². The molecule has 180 valence electrons. The van der Waals surface area contributed by atoms with Crippen LogP contribution in [0.15, 0.2) is 53.7 Å². The lowest BCUT2D eigenvalue weighted by atomic mass is 10.1. The van der Waals surface area contributed by atoms with Crippen LogP contribution in [0.3, 0.4) is 0 Å². The third-order valence-electron chi connectivity index (χ3n) is 6.74. The number of halogens is 3. The smallest absolute Gasteiger partial charge is 0.340 e. The maximum absolute atomic E-state index is 13.5. The van der Waals surface area contributed by atoms with Crippen molar-refractivity contribution in [3.05, 3.63) is 65.5 Å². The first-order chi connectivity index (χ1) is 16.8. The van der Waals surface area contributed by atoms with Crippen LogP contribution in [0.1, 0.15) is 40.9 Å². The molecule has 11 heteroatoms. The molecule has 1 fully saturated rings. The zero-order valence-corrected chi connectivity index (χ0v) is 18.8. The SMILES string of the molecule is CN1C(=O)c2c(nn(Cc3ccc(C(F)(F)F)nc3)c2Nc2ccccc2)N2C1=N[C@@H]1CCC[C@@H]12. The van der Waals surface area contributed by atoms with Gasteiger partial charge in [-0.05, 0) is 43.0 Å². The summed E-state index contributed by atoms with van der Waals surface area (Å²) in [6.45, 7) is 0.138. The van der Waals surface area contributed by atoms with E-state index in [1.54, 1.807) is 16.6 Å². The molecule has 1 aliphatic carbocycles. The van der Waals surface area contributed by atoms with E-state index in [4.69, 9.17) is 10.1 Å². The number of rotatable bonds is 4. The maximum Gasteiger partial charge on any atom is 0.433 e. The second-order valence-electron chi connectivity index (χ2n) is 8.97. The Morgan fingerprint density at radius 3 is 2.63 bits per heavy atom.